The molecule has 138 valence electrons. The molecular weight excluding hydrogens is 340 g/mol. The Morgan fingerprint density at radius 2 is 1.89 bits per heavy atom. The van der Waals surface area contributed by atoms with E-state index in [0.717, 1.165) is 58.3 Å². The Kier molecular flexibility index (Phi) is 4.23. The molecule has 2 aromatic heterocycles. The van der Waals surface area contributed by atoms with E-state index in [1.807, 2.05) is 50.6 Å². The largest absolute Gasteiger partial charge is 0.454 e. The van der Waals surface area contributed by atoms with Crippen LogP contribution in [0, 0.1) is 34.3 Å². The lowest BCUT2D eigenvalue weighted by molar-refractivity contribution is 0.387. The van der Waals surface area contributed by atoms with Gasteiger partial charge in [-0.2, -0.15) is 5.10 Å². The fraction of sp³-hybridized carbons (Fsp3) is 0.381. The number of ether oxygens (including phenoxy) is 1. The summed E-state index contributed by atoms with van der Waals surface area (Å²) < 4.78 is 13.4. The molecule has 4 rings (SSSR count). The first kappa shape index (κ1) is 17.3. The molecule has 0 saturated heterocycles. The van der Waals surface area contributed by atoms with Crippen LogP contribution in [-0.4, -0.2) is 14.9 Å². The van der Waals surface area contributed by atoms with Gasteiger partial charge in [0.15, 0.2) is 11.4 Å². The smallest absolute Gasteiger partial charge is 0.193 e. The lowest BCUT2D eigenvalue weighted by atomic mass is 10.1. The molecule has 0 radical (unpaired) electrons. The second-order valence-corrected chi connectivity index (χ2v) is 7.28. The fourth-order valence-corrected chi connectivity index (χ4v) is 3.37. The maximum absolute atomic E-state index is 7.32. The van der Waals surface area contributed by atoms with E-state index in [-0.39, 0.29) is 0 Å². The second kappa shape index (κ2) is 6.58. The zero-order chi connectivity index (χ0) is 19.1. The normalized spacial score (nSPS) is 13.6. The third kappa shape index (κ3) is 3.33. The number of aryl methyl sites for hydroxylation is 3. The van der Waals surface area contributed by atoms with Crippen molar-refractivity contribution in [2.24, 2.45) is 0 Å². The van der Waals surface area contributed by atoms with Crippen LogP contribution in [0.5, 0.6) is 11.5 Å². The maximum Gasteiger partial charge on any atom is 0.193 e. The van der Waals surface area contributed by atoms with Crippen LogP contribution in [0.1, 0.15) is 52.7 Å². The van der Waals surface area contributed by atoms with Gasteiger partial charge in [0.1, 0.15) is 22.9 Å². The molecule has 0 atom stereocenters. The van der Waals surface area contributed by atoms with Gasteiger partial charge in [0.25, 0.3) is 0 Å². The molecule has 0 unspecified atom stereocenters. The quantitative estimate of drug-likeness (QED) is 0.572. The first-order valence-corrected chi connectivity index (χ1v) is 9.12. The number of aromatic nitrogens is 3. The van der Waals surface area contributed by atoms with Crippen LogP contribution in [0.25, 0.3) is 4.85 Å². The Morgan fingerprint density at radius 1 is 1.19 bits per heavy atom. The molecule has 1 aromatic carbocycles. The zero-order valence-electron chi connectivity index (χ0n) is 16.0. The van der Waals surface area contributed by atoms with Crippen LogP contribution in [0.4, 0.5) is 5.69 Å². The van der Waals surface area contributed by atoms with Crippen LogP contribution < -0.4 is 4.74 Å². The molecule has 0 spiro atoms. The van der Waals surface area contributed by atoms with Gasteiger partial charge in [0.05, 0.1) is 18.8 Å². The number of nitrogens with zero attached hydrogens (tertiary/aromatic N) is 4. The van der Waals surface area contributed by atoms with Crippen LogP contribution >= 0.6 is 0 Å². The van der Waals surface area contributed by atoms with Crippen molar-refractivity contribution in [3.05, 3.63) is 63.6 Å². The van der Waals surface area contributed by atoms with Gasteiger partial charge < -0.3 is 9.26 Å². The van der Waals surface area contributed by atoms with Gasteiger partial charge in [-0.05, 0) is 63.8 Å². The van der Waals surface area contributed by atoms with Gasteiger partial charge in [0.2, 0.25) is 0 Å². The third-order valence-electron chi connectivity index (χ3n) is 4.93. The maximum atomic E-state index is 7.32. The average molecular weight is 362 g/mol. The predicted octanol–water partition coefficient (Wildman–Crippen LogP) is 5.37. The second-order valence-electron chi connectivity index (χ2n) is 7.28. The lowest BCUT2D eigenvalue weighted by Crippen LogP contribution is -2.04. The highest BCUT2D eigenvalue weighted by Gasteiger charge is 2.32. The molecule has 1 aliphatic carbocycles. The van der Waals surface area contributed by atoms with Crippen LogP contribution in [0.15, 0.2) is 22.7 Å². The van der Waals surface area contributed by atoms with Gasteiger partial charge in [-0.25, -0.2) is 4.85 Å². The monoisotopic (exact) mass is 362 g/mol. The molecule has 0 N–H and O–H groups in total. The molecule has 0 bridgehead atoms. The molecule has 27 heavy (non-hydrogen) atoms. The van der Waals surface area contributed by atoms with Gasteiger partial charge >= 0.3 is 0 Å². The van der Waals surface area contributed by atoms with Crippen LogP contribution in [0.3, 0.4) is 0 Å². The molecule has 3 aromatic rings. The minimum atomic E-state index is 0.462. The van der Waals surface area contributed by atoms with Crippen LogP contribution in [-0.2, 0) is 6.54 Å². The van der Waals surface area contributed by atoms with Gasteiger partial charge in [0, 0.05) is 12.0 Å². The number of benzene rings is 1. The Balaban J connectivity index is 1.69. The molecule has 1 fully saturated rings. The SMILES string of the molecule is [C-]#[N+]c1c(C)cc(Oc2c(C3CC3)nn(Cc3cc(C)on3)c2C)cc1C. The molecule has 0 aliphatic heterocycles. The van der Waals surface area contributed by atoms with E-state index in [4.69, 9.17) is 20.9 Å². The first-order valence-electron chi connectivity index (χ1n) is 9.12. The standard InChI is InChI=1S/C21H22N4O2/c1-12-8-18(9-13(2)19(12)22-5)26-21-15(4)25(23-20(21)16-6-7-16)11-17-10-14(3)27-24-17/h8-10,16H,6-7,11H2,1-4H3. The van der Waals surface area contributed by atoms with E-state index < -0.39 is 0 Å². The van der Waals surface area contributed by atoms with E-state index in [1.54, 1.807) is 0 Å². The summed E-state index contributed by atoms with van der Waals surface area (Å²) in [7, 11) is 0. The topological polar surface area (TPSA) is 57.4 Å². The summed E-state index contributed by atoms with van der Waals surface area (Å²) in [6.07, 6.45) is 2.29. The molecule has 2 heterocycles. The summed E-state index contributed by atoms with van der Waals surface area (Å²) in [6.45, 7) is 15.7. The number of rotatable bonds is 5. The highest BCUT2D eigenvalue weighted by atomic mass is 16.5. The van der Waals surface area contributed by atoms with Crippen molar-refractivity contribution in [3.8, 4) is 11.5 Å². The summed E-state index contributed by atoms with van der Waals surface area (Å²) in [5, 5.41) is 8.89. The van der Waals surface area contributed by atoms with Crippen molar-refractivity contribution >= 4 is 5.69 Å². The minimum Gasteiger partial charge on any atom is -0.454 e. The highest BCUT2D eigenvalue weighted by molar-refractivity contribution is 5.61. The fourth-order valence-electron chi connectivity index (χ4n) is 3.37. The summed E-state index contributed by atoms with van der Waals surface area (Å²) in [5.41, 5.74) is 5.38. The Bertz CT molecular complexity index is 1030. The van der Waals surface area contributed by atoms with Gasteiger partial charge in [-0.3, -0.25) is 4.68 Å². The lowest BCUT2D eigenvalue weighted by Gasteiger charge is -2.11. The third-order valence-corrected chi connectivity index (χ3v) is 4.93. The van der Waals surface area contributed by atoms with Crippen molar-refractivity contribution in [1.29, 1.82) is 0 Å². The van der Waals surface area contributed by atoms with E-state index in [0.29, 0.717) is 18.2 Å². The summed E-state index contributed by atoms with van der Waals surface area (Å²) in [6, 6.07) is 5.78. The zero-order valence-corrected chi connectivity index (χ0v) is 16.0. The van der Waals surface area contributed by atoms with E-state index in [1.165, 1.54) is 0 Å². The highest BCUT2D eigenvalue weighted by Crippen LogP contribution is 2.46. The first-order chi connectivity index (χ1) is 13.0. The summed E-state index contributed by atoms with van der Waals surface area (Å²) >= 11 is 0. The molecule has 1 aliphatic rings. The van der Waals surface area contributed by atoms with Crippen molar-refractivity contribution in [2.75, 3.05) is 0 Å². The van der Waals surface area contributed by atoms with E-state index in [9.17, 15) is 0 Å². The van der Waals surface area contributed by atoms with Gasteiger partial charge in [-0.1, -0.05) is 5.16 Å². The Hall–Kier alpha value is -3.07. The summed E-state index contributed by atoms with van der Waals surface area (Å²) in [4.78, 5) is 3.61. The molecular formula is C21H22N4O2. The molecule has 0 amide bonds. The average Bonchev–Trinajstić information content (AvgIpc) is 3.31. The van der Waals surface area contributed by atoms with Crippen molar-refractivity contribution < 1.29 is 9.26 Å². The number of hydrogen-bond acceptors (Lipinski definition) is 4. The van der Waals surface area contributed by atoms with E-state index >= 15 is 0 Å². The van der Waals surface area contributed by atoms with Crippen LogP contribution in [0.2, 0.25) is 0 Å². The molecule has 6 heteroatoms. The Labute approximate surface area is 158 Å². The van der Waals surface area contributed by atoms with Crippen molar-refractivity contribution in [1.82, 2.24) is 14.9 Å². The number of hydrogen-bond donors (Lipinski definition) is 0. The summed E-state index contributed by atoms with van der Waals surface area (Å²) in [5.74, 6) is 2.83. The van der Waals surface area contributed by atoms with Gasteiger partial charge in [-0.15, -0.1) is 0 Å². The predicted molar refractivity (Wildman–Crippen MR) is 102 cm³/mol. The van der Waals surface area contributed by atoms with Crippen molar-refractivity contribution in [2.45, 2.75) is 53.0 Å². The van der Waals surface area contributed by atoms with E-state index in [2.05, 4.69) is 10.0 Å². The Morgan fingerprint density at radius 3 is 2.44 bits per heavy atom. The molecule has 6 nitrogen and oxygen atoms in total. The molecule has 1 saturated carbocycles. The minimum absolute atomic E-state index is 0.462. The van der Waals surface area contributed by atoms with Crippen molar-refractivity contribution in [3.63, 3.8) is 0 Å².